The highest BCUT2D eigenvalue weighted by molar-refractivity contribution is 6.16. The Bertz CT molecular complexity index is 1100. The van der Waals surface area contributed by atoms with Gasteiger partial charge in [-0.2, -0.15) is 0 Å². The second-order valence-corrected chi connectivity index (χ2v) is 5.69. The van der Waals surface area contributed by atoms with Gasteiger partial charge in [0.1, 0.15) is 5.82 Å². The summed E-state index contributed by atoms with van der Waals surface area (Å²) in [4.78, 5) is 12.9. The summed E-state index contributed by atoms with van der Waals surface area (Å²) in [7, 11) is 0. The maximum Gasteiger partial charge on any atom is 0.263 e. The van der Waals surface area contributed by atoms with E-state index in [0.29, 0.717) is 22.5 Å². The summed E-state index contributed by atoms with van der Waals surface area (Å²) in [6, 6.07) is 13.3. The molecule has 0 aliphatic carbocycles. The molecule has 0 unspecified atom stereocenters. The van der Waals surface area contributed by atoms with Crippen molar-refractivity contribution >= 4 is 28.3 Å². The Hall–Kier alpha value is -2.73. The van der Waals surface area contributed by atoms with Crippen molar-refractivity contribution in [1.82, 2.24) is 19.2 Å². The Morgan fingerprint density at radius 3 is 2.54 bits per heavy atom. The van der Waals surface area contributed by atoms with Crippen LogP contribution in [-0.4, -0.2) is 19.2 Å². The Balaban J connectivity index is 2.03. The fraction of sp³-hybridized carbons (Fsp3) is 0.118. The van der Waals surface area contributed by atoms with Crippen LogP contribution in [0.3, 0.4) is 0 Å². The molecule has 0 N–H and O–H groups in total. The quantitative estimate of drug-likeness (QED) is 0.538. The third kappa shape index (κ3) is 2.27. The number of alkyl halides is 1. The number of rotatable bonds is 3. The SMILES string of the molecule is O=c1c2ccccc2n2c(CCl)nnc2n1Cc1ccc(F)cc1. The highest BCUT2D eigenvalue weighted by atomic mass is 35.5. The molecule has 0 saturated heterocycles. The van der Waals surface area contributed by atoms with Crippen LogP contribution in [0, 0.1) is 5.82 Å². The van der Waals surface area contributed by atoms with Crippen molar-refractivity contribution in [2.45, 2.75) is 12.4 Å². The van der Waals surface area contributed by atoms with Crippen LogP contribution >= 0.6 is 11.6 Å². The monoisotopic (exact) mass is 342 g/mol. The number of aromatic nitrogens is 4. The summed E-state index contributed by atoms with van der Waals surface area (Å²) >= 11 is 5.96. The van der Waals surface area contributed by atoms with E-state index >= 15 is 0 Å². The average molecular weight is 343 g/mol. The van der Waals surface area contributed by atoms with Gasteiger partial charge in [0.25, 0.3) is 5.56 Å². The van der Waals surface area contributed by atoms with Gasteiger partial charge in [0.05, 0.1) is 23.3 Å². The first-order valence-electron chi connectivity index (χ1n) is 7.35. The Labute approximate surface area is 140 Å². The number of hydrogen-bond acceptors (Lipinski definition) is 3. The molecule has 7 heteroatoms. The summed E-state index contributed by atoms with van der Waals surface area (Å²) in [5.74, 6) is 0.843. The molecule has 2 aromatic carbocycles. The molecular weight excluding hydrogens is 331 g/mol. The molecule has 0 radical (unpaired) electrons. The molecule has 2 heterocycles. The van der Waals surface area contributed by atoms with E-state index in [-0.39, 0.29) is 23.8 Å². The van der Waals surface area contributed by atoms with Crippen molar-refractivity contribution in [3.63, 3.8) is 0 Å². The van der Waals surface area contributed by atoms with E-state index in [1.165, 1.54) is 16.7 Å². The van der Waals surface area contributed by atoms with Crippen molar-refractivity contribution in [3.8, 4) is 0 Å². The minimum absolute atomic E-state index is 0.170. The Morgan fingerprint density at radius 1 is 1.04 bits per heavy atom. The van der Waals surface area contributed by atoms with Crippen LogP contribution < -0.4 is 5.56 Å². The molecule has 5 nitrogen and oxygen atoms in total. The van der Waals surface area contributed by atoms with Crippen molar-refractivity contribution in [1.29, 1.82) is 0 Å². The summed E-state index contributed by atoms with van der Waals surface area (Å²) < 4.78 is 16.4. The molecule has 2 aromatic heterocycles. The fourth-order valence-corrected chi connectivity index (χ4v) is 2.99. The van der Waals surface area contributed by atoms with Gasteiger partial charge < -0.3 is 0 Å². The van der Waals surface area contributed by atoms with Crippen LogP contribution in [0.2, 0.25) is 0 Å². The molecule has 0 fully saturated rings. The molecule has 120 valence electrons. The van der Waals surface area contributed by atoms with Crippen LogP contribution in [0.5, 0.6) is 0 Å². The van der Waals surface area contributed by atoms with Crippen LogP contribution in [-0.2, 0) is 12.4 Å². The summed E-state index contributed by atoms with van der Waals surface area (Å²) in [5, 5.41) is 8.77. The molecule has 0 saturated carbocycles. The number of fused-ring (bicyclic) bond motifs is 3. The number of benzene rings is 2. The minimum Gasteiger partial charge on any atom is -0.272 e. The highest BCUT2D eigenvalue weighted by Gasteiger charge is 2.16. The van der Waals surface area contributed by atoms with E-state index in [1.54, 1.807) is 22.6 Å². The lowest BCUT2D eigenvalue weighted by atomic mass is 10.2. The highest BCUT2D eigenvalue weighted by Crippen LogP contribution is 2.16. The largest absolute Gasteiger partial charge is 0.272 e. The fourth-order valence-electron chi connectivity index (χ4n) is 2.82. The van der Waals surface area contributed by atoms with Gasteiger partial charge in [-0.3, -0.25) is 13.8 Å². The second kappa shape index (κ2) is 5.72. The van der Waals surface area contributed by atoms with Crippen LogP contribution in [0.15, 0.2) is 53.3 Å². The second-order valence-electron chi connectivity index (χ2n) is 5.42. The molecule has 4 aromatic rings. The zero-order valence-corrected chi connectivity index (χ0v) is 13.2. The smallest absolute Gasteiger partial charge is 0.263 e. The van der Waals surface area contributed by atoms with Crippen LogP contribution in [0.4, 0.5) is 4.39 Å². The normalized spacial score (nSPS) is 11.4. The van der Waals surface area contributed by atoms with E-state index in [4.69, 9.17) is 11.6 Å². The number of hydrogen-bond donors (Lipinski definition) is 0. The van der Waals surface area contributed by atoms with Gasteiger partial charge in [-0.15, -0.1) is 21.8 Å². The van der Waals surface area contributed by atoms with Crippen molar-refractivity contribution in [3.05, 3.63) is 76.1 Å². The topological polar surface area (TPSA) is 52.2 Å². The first kappa shape index (κ1) is 14.8. The van der Waals surface area contributed by atoms with E-state index in [0.717, 1.165) is 5.56 Å². The van der Waals surface area contributed by atoms with E-state index < -0.39 is 0 Å². The maximum atomic E-state index is 13.1. The van der Waals surface area contributed by atoms with Gasteiger partial charge in [-0.05, 0) is 29.8 Å². The summed E-state index contributed by atoms with van der Waals surface area (Å²) in [5.41, 5.74) is 1.34. The van der Waals surface area contributed by atoms with E-state index in [9.17, 15) is 9.18 Å². The zero-order valence-electron chi connectivity index (χ0n) is 12.5. The number of nitrogens with zero attached hydrogens (tertiary/aromatic N) is 4. The van der Waals surface area contributed by atoms with Gasteiger partial charge in [0, 0.05) is 0 Å². The molecule has 4 rings (SSSR count). The summed E-state index contributed by atoms with van der Waals surface area (Å²) in [6.07, 6.45) is 0. The standard InChI is InChI=1S/C17H12ClFN4O/c18-9-15-20-21-17-22(10-11-5-7-12(19)8-6-11)16(24)13-3-1-2-4-14(13)23(15)17/h1-8H,9-10H2. The lowest BCUT2D eigenvalue weighted by molar-refractivity contribution is 0.626. The van der Waals surface area contributed by atoms with Gasteiger partial charge >= 0.3 is 0 Å². The van der Waals surface area contributed by atoms with Crippen molar-refractivity contribution in [2.24, 2.45) is 0 Å². The Morgan fingerprint density at radius 2 is 1.79 bits per heavy atom. The molecule has 0 aliphatic rings. The molecule has 0 spiro atoms. The molecule has 0 atom stereocenters. The van der Waals surface area contributed by atoms with Gasteiger partial charge in [-0.1, -0.05) is 24.3 Å². The zero-order chi connectivity index (χ0) is 16.7. The maximum absolute atomic E-state index is 13.1. The molecule has 0 amide bonds. The minimum atomic E-state index is -0.318. The Kier molecular flexibility index (Phi) is 3.54. The molecule has 24 heavy (non-hydrogen) atoms. The first-order valence-corrected chi connectivity index (χ1v) is 7.88. The molecular formula is C17H12ClFN4O. The predicted molar refractivity (Wildman–Crippen MR) is 89.8 cm³/mol. The van der Waals surface area contributed by atoms with Gasteiger partial charge in [0.2, 0.25) is 5.78 Å². The third-order valence-electron chi connectivity index (χ3n) is 3.95. The molecule has 0 bridgehead atoms. The first-order chi connectivity index (χ1) is 11.7. The lowest BCUT2D eigenvalue weighted by Crippen LogP contribution is -2.24. The van der Waals surface area contributed by atoms with Gasteiger partial charge in [0.15, 0.2) is 5.82 Å². The number of para-hydroxylation sites is 1. The van der Waals surface area contributed by atoms with Crippen LogP contribution in [0.1, 0.15) is 11.4 Å². The number of halogens is 2. The summed E-state index contributed by atoms with van der Waals surface area (Å²) in [6.45, 7) is 0.272. The lowest BCUT2D eigenvalue weighted by Gasteiger charge is -2.11. The average Bonchev–Trinajstić information content (AvgIpc) is 3.04. The van der Waals surface area contributed by atoms with Crippen molar-refractivity contribution in [2.75, 3.05) is 0 Å². The van der Waals surface area contributed by atoms with E-state index in [2.05, 4.69) is 10.2 Å². The predicted octanol–water partition coefficient (Wildman–Crippen LogP) is 2.97. The molecule has 0 aliphatic heterocycles. The van der Waals surface area contributed by atoms with Crippen molar-refractivity contribution < 1.29 is 4.39 Å². The van der Waals surface area contributed by atoms with E-state index in [1.807, 2.05) is 18.2 Å². The van der Waals surface area contributed by atoms with Crippen LogP contribution in [0.25, 0.3) is 16.7 Å². The van der Waals surface area contributed by atoms with Gasteiger partial charge in [-0.25, -0.2) is 4.39 Å². The third-order valence-corrected chi connectivity index (χ3v) is 4.19.